The number of likely N-dealkylation sites (N-methyl/N-ethyl adjacent to an activating group) is 1. The van der Waals surface area contributed by atoms with Crippen molar-refractivity contribution in [2.45, 2.75) is 33.2 Å². The fraction of sp³-hybridized carbons (Fsp3) is 0.500. The molecule has 0 aliphatic carbocycles. The van der Waals surface area contributed by atoms with Gasteiger partial charge in [0.1, 0.15) is 5.75 Å². The van der Waals surface area contributed by atoms with Crippen molar-refractivity contribution < 1.29 is 19.1 Å². The van der Waals surface area contributed by atoms with Crippen LogP contribution in [0.25, 0.3) is 0 Å². The third-order valence-corrected chi connectivity index (χ3v) is 3.78. The number of rotatable bonds is 9. The fourth-order valence-corrected chi connectivity index (χ4v) is 2.12. The van der Waals surface area contributed by atoms with Gasteiger partial charge in [-0.15, -0.1) is 0 Å². The summed E-state index contributed by atoms with van der Waals surface area (Å²) in [4.78, 5) is 37.4. The molecule has 8 heteroatoms. The summed E-state index contributed by atoms with van der Waals surface area (Å²) in [6.45, 7) is 6.11. The topological polar surface area (TPSA) is 99.8 Å². The predicted molar refractivity (Wildman–Crippen MR) is 100 cm³/mol. The van der Waals surface area contributed by atoms with Crippen molar-refractivity contribution in [1.82, 2.24) is 15.5 Å². The molecule has 1 atom stereocenters. The highest BCUT2D eigenvalue weighted by atomic mass is 16.5. The van der Waals surface area contributed by atoms with Crippen LogP contribution in [0.4, 0.5) is 10.5 Å². The van der Waals surface area contributed by atoms with Crippen LogP contribution in [0, 0.1) is 0 Å². The number of ether oxygens (including phenoxy) is 1. The van der Waals surface area contributed by atoms with Gasteiger partial charge in [-0.05, 0) is 32.0 Å². The minimum absolute atomic E-state index is 0.0151. The molecule has 0 saturated heterocycles. The van der Waals surface area contributed by atoms with E-state index in [9.17, 15) is 14.4 Å². The van der Waals surface area contributed by atoms with E-state index in [1.54, 1.807) is 36.3 Å². The second kappa shape index (κ2) is 11.1. The summed E-state index contributed by atoms with van der Waals surface area (Å²) in [5.41, 5.74) is 0.614. The van der Waals surface area contributed by atoms with Crippen LogP contribution < -0.4 is 20.7 Å². The van der Waals surface area contributed by atoms with E-state index in [4.69, 9.17) is 4.74 Å². The van der Waals surface area contributed by atoms with E-state index in [0.29, 0.717) is 18.0 Å². The molecule has 0 fully saturated rings. The first-order chi connectivity index (χ1) is 12.4. The number of hydrogen-bond donors (Lipinski definition) is 3. The van der Waals surface area contributed by atoms with Gasteiger partial charge in [0.15, 0.2) is 0 Å². The fourth-order valence-electron chi connectivity index (χ4n) is 2.12. The minimum Gasteiger partial charge on any atom is -0.497 e. The first kappa shape index (κ1) is 21.4. The van der Waals surface area contributed by atoms with Crippen LogP contribution in [-0.2, 0) is 9.59 Å². The quantitative estimate of drug-likeness (QED) is 0.618. The molecule has 8 nitrogen and oxygen atoms in total. The lowest BCUT2D eigenvalue weighted by Gasteiger charge is -2.19. The number of urea groups is 1. The van der Waals surface area contributed by atoms with Gasteiger partial charge in [-0.1, -0.05) is 19.9 Å². The third kappa shape index (κ3) is 7.98. The molecule has 0 spiro atoms. The van der Waals surface area contributed by atoms with Gasteiger partial charge in [0.2, 0.25) is 11.8 Å². The van der Waals surface area contributed by atoms with Crippen molar-refractivity contribution in [2.75, 3.05) is 32.1 Å². The Bertz CT molecular complexity index is 621. The van der Waals surface area contributed by atoms with Gasteiger partial charge in [0.25, 0.3) is 0 Å². The van der Waals surface area contributed by atoms with E-state index in [2.05, 4.69) is 16.0 Å². The molecule has 0 unspecified atom stereocenters. The minimum atomic E-state index is -0.527. The van der Waals surface area contributed by atoms with Crippen LogP contribution in [0.3, 0.4) is 0 Å². The average molecular weight is 364 g/mol. The Labute approximate surface area is 154 Å². The Morgan fingerprint density at radius 3 is 2.46 bits per heavy atom. The Hall–Kier alpha value is -2.61. The van der Waals surface area contributed by atoms with Crippen LogP contribution in [0.15, 0.2) is 24.3 Å². The molecule has 0 aliphatic rings. The Morgan fingerprint density at radius 1 is 1.15 bits per heavy atom. The van der Waals surface area contributed by atoms with Crippen molar-refractivity contribution in [3.63, 3.8) is 0 Å². The monoisotopic (exact) mass is 364 g/mol. The SMILES string of the molecule is CC[C@@H](C)NC(=O)NC(=O)CN(CC)CC(=O)Nc1cccc(OC)c1. The number of nitrogens with one attached hydrogen (secondary N) is 3. The Morgan fingerprint density at radius 2 is 1.85 bits per heavy atom. The van der Waals surface area contributed by atoms with Crippen molar-refractivity contribution in [3.05, 3.63) is 24.3 Å². The van der Waals surface area contributed by atoms with Gasteiger partial charge in [-0.25, -0.2) is 4.79 Å². The maximum absolute atomic E-state index is 12.2. The van der Waals surface area contributed by atoms with Crippen molar-refractivity contribution in [2.24, 2.45) is 0 Å². The number of anilines is 1. The van der Waals surface area contributed by atoms with E-state index in [1.165, 1.54) is 0 Å². The average Bonchev–Trinajstić information content (AvgIpc) is 2.60. The van der Waals surface area contributed by atoms with Crippen LogP contribution in [0.1, 0.15) is 27.2 Å². The van der Waals surface area contributed by atoms with Gasteiger partial charge >= 0.3 is 6.03 Å². The number of amides is 4. The molecule has 0 aromatic heterocycles. The normalized spacial score (nSPS) is 11.6. The molecule has 0 radical (unpaired) electrons. The molecule has 26 heavy (non-hydrogen) atoms. The molecule has 3 N–H and O–H groups in total. The number of hydrogen-bond acceptors (Lipinski definition) is 5. The number of carbonyl (C=O) groups excluding carboxylic acids is 3. The molecular formula is C18H28N4O4. The lowest BCUT2D eigenvalue weighted by Crippen LogP contribution is -2.47. The number of benzene rings is 1. The molecule has 0 aliphatic heterocycles. The van der Waals surface area contributed by atoms with Crippen molar-refractivity contribution >= 4 is 23.5 Å². The summed E-state index contributed by atoms with van der Waals surface area (Å²) >= 11 is 0. The molecule has 0 saturated carbocycles. The first-order valence-electron chi connectivity index (χ1n) is 8.64. The van der Waals surface area contributed by atoms with Crippen LogP contribution in [0.5, 0.6) is 5.75 Å². The van der Waals surface area contributed by atoms with Gasteiger partial charge < -0.3 is 15.4 Å². The van der Waals surface area contributed by atoms with E-state index in [0.717, 1.165) is 6.42 Å². The van der Waals surface area contributed by atoms with Crippen LogP contribution in [0.2, 0.25) is 0 Å². The van der Waals surface area contributed by atoms with Crippen molar-refractivity contribution in [3.8, 4) is 5.75 Å². The third-order valence-electron chi connectivity index (χ3n) is 3.78. The zero-order valence-electron chi connectivity index (χ0n) is 15.8. The summed E-state index contributed by atoms with van der Waals surface area (Å²) in [5, 5.41) is 7.68. The van der Waals surface area contributed by atoms with E-state index in [1.807, 2.05) is 20.8 Å². The lowest BCUT2D eigenvalue weighted by molar-refractivity contribution is -0.122. The molecular weight excluding hydrogens is 336 g/mol. The van der Waals surface area contributed by atoms with Gasteiger partial charge in [-0.2, -0.15) is 0 Å². The Kier molecular flexibility index (Phi) is 9.14. The summed E-state index contributed by atoms with van der Waals surface area (Å²) < 4.78 is 5.11. The zero-order chi connectivity index (χ0) is 19.5. The number of carbonyl (C=O) groups is 3. The molecule has 0 bridgehead atoms. The number of methoxy groups -OCH3 is 1. The Balaban J connectivity index is 2.48. The molecule has 0 heterocycles. The van der Waals surface area contributed by atoms with Gasteiger partial charge in [0, 0.05) is 17.8 Å². The maximum Gasteiger partial charge on any atom is 0.321 e. The molecule has 1 rings (SSSR count). The largest absolute Gasteiger partial charge is 0.497 e. The molecule has 1 aromatic carbocycles. The van der Waals surface area contributed by atoms with Crippen molar-refractivity contribution in [1.29, 1.82) is 0 Å². The zero-order valence-corrected chi connectivity index (χ0v) is 15.8. The molecule has 1 aromatic rings. The predicted octanol–water partition coefficient (Wildman–Crippen LogP) is 1.58. The number of nitrogens with zero attached hydrogens (tertiary/aromatic N) is 1. The highest BCUT2D eigenvalue weighted by Crippen LogP contribution is 2.16. The second-order valence-corrected chi connectivity index (χ2v) is 5.91. The summed E-state index contributed by atoms with van der Waals surface area (Å²) in [6, 6.07) is 6.47. The van der Waals surface area contributed by atoms with E-state index < -0.39 is 11.9 Å². The highest BCUT2D eigenvalue weighted by molar-refractivity contribution is 5.96. The number of imide groups is 1. The van der Waals surface area contributed by atoms with Gasteiger partial charge in [0.05, 0.1) is 20.2 Å². The molecule has 144 valence electrons. The standard InChI is InChI=1S/C18H28N4O4/c1-5-13(3)19-18(25)21-17(24)12-22(6-2)11-16(23)20-14-8-7-9-15(10-14)26-4/h7-10,13H,5-6,11-12H2,1-4H3,(H,20,23)(H2,19,21,24,25)/t13-/m1/s1. The smallest absolute Gasteiger partial charge is 0.321 e. The highest BCUT2D eigenvalue weighted by Gasteiger charge is 2.16. The summed E-state index contributed by atoms with van der Waals surface area (Å²) in [7, 11) is 1.55. The van der Waals surface area contributed by atoms with E-state index in [-0.39, 0.29) is 25.0 Å². The molecule has 4 amide bonds. The maximum atomic E-state index is 12.2. The van der Waals surface area contributed by atoms with Crippen LogP contribution >= 0.6 is 0 Å². The first-order valence-corrected chi connectivity index (χ1v) is 8.64. The lowest BCUT2D eigenvalue weighted by atomic mass is 10.3. The van der Waals surface area contributed by atoms with E-state index >= 15 is 0 Å². The second-order valence-electron chi connectivity index (χ2n) is 5.91. The summed E-state index contributed by atoms with van der Waals surface area (Å²) in [5.74, 6) is -0.0689. The van der Waals surface area contributed by atoms with Gasteiger partial charge in [-0.3, -0.25) is 19.8 Å². The van der Waals surface area contributed by atoms with Crippen LogP contribution in [-0.4, -0.2) is 55.5 Å². The summed E-state index contributed by atoms with van der Waals surface area (Å²) in [6.07, 6.45) is 0.771.